The summed E-state index contributed by atoms with van der Waals surface area (Å²) >= 11 is 0. The number of hydrogen-bond acceptors (Lipinski definition) is 4. The third-order valence-electron chi connectivity index (χ3n) is 4.15. The van der Waals surface area contributed by atoms with E-state index in [1.807, 2.05) is 25.1 Å². The minimum atomic E-state index is -3.56. The van der Waals surface area contributed by atoms with Crippen molar-refractivity contribution in [3.8, 4) is 0 Å². The largest absolute Gasteiger partial charge is 0.367 e. The van der Waals surface area contributed by atoms with E-state index in [1.54, 1.807) is 0 Å². The van der Waals surface area contributed by atoms with Gasteiger partial charge in [0, 0.05) is 24.8 Å². The zero-order valence-corrected chi connectivity index (χ0v) is 14.3. The summed E-state index contributed by atoms with van der Waals surface area (Å²) in [6, 6.07) is 10.9. The fourth-order valence-electron chi connectivity index (χ4n) is 2.83. The van der Waals surface area contributed by atoms with Crippen molar-refractivity contribution in [2.45, 2.75) is 30.7 Å². The van der Waals surface area contributed by atoms with Crippen LogP contribution in [0.3, 0.4) is 0 Å². The summed E-state index contributed by atoms with van der Waals surface area (Å²) in [5, 5.41) is 3.36. The van der Waals surface area contributed by atoms with Crippen molar-refractivity contribution in [3.05, 3.63) is 54.0 Å². The first-order valence-corrected chi connectivity index (χ1v) is 9.35. The normalized spacial score (nSPS) is 16.9. The van der Waals surface area contributed by atoms with E-state index in [2.05, 4.69) is 10.3 Å². The Hall–Kier alpha value is -1.99. The van der Waals surface area contributed by atoms with Crippen LogP contribution in [0.15, 0.2) is 47.4 Å². The highest BCUT2D eigenvalue weighted by atomic mass is 32.2. The molecule has 1 saturated heterocycles. The van der Waals surface area contributed by atoms with E-state index in [0.29, 0.717) is 25.9 Å². The van der Waals surface area contributed by atoms with Gasteiger partial charge in [0.15, 0.2) is 0 Å². The number of benzene rings is 1. The lowest BCUT2D eigenvalue weighted by molar-refractivity contribution is 0.329. The summed E-state index contributed by atoms with van der Waals surface area (Å²) in [6.45, 7) is 2.80. The molecule has 0 atom stereocenters. The van der Waals surface area contributed by atoms with Crippen LogP contribution in [0.1, 0.15) is 18.5 Å². The van der Waals surface area contributed by atoms with Crippen molar-refractivity contribution in [2.75, 3.05) is 18.4 Å². The maximum atomic E-state index is 13.0. The molecule has 2 heterocycles. The maximum Gasteiger partial charge on any atom is 0.243 e. The van der Waals surface area contributed by atoms with Crippen LogP contribution >= 0.6 is 0 Å². The van der Waals surface area contributed by atoms with Gasteiger partial charge in [0.25, 0.3) is 0 Å². The highest BCUT2D eigenvalue weighted by Crippen LogP contribution is 2.22. The number of hydrogen-bond donors (Lipinski definition) is 1. The molecule has 7 heteroatoms. The van der Waals surface area contributed by atoms with Crippen LogP contribution in [0, 0.1) is 12.7 Å². The third kappa shape index (κ3) is 3.73. The Labute approximate surface area is 141 Å². The van der Waals surface area contributed by atoms with Gasteiger partial charge in [-0.25, -0.2) is 17.8 Å². The van der Waals surface area contributed by atoms with Gasteiger partial charge in [-0.2, -0.15) is 4.31 Å². The van der Waals surface area contributed by atoms with E-state index in [9.17, 15) is 12.8 Å². The lowest BCUT2D eigenvalue weighted by atomic mass is 10.1. The summed E-state index contributed by atoms with van der Waals surface area (Å²) in [4.78, 5) is 4.55. The fourth-order valence-corrected chi connectivity index (χ4v) is 4.30. The summed E-state index contributed by atoms with van der Waals surface area (Å²) in [5.41, 5.74) is 0.941. The minimum Gasteiger partial charge on any atom is -0.367 e. The fraction of sp³-hybridized carbons (Fsp3) is 0.353. The van der Waals surface area contributed by atoms with Crippen LogP contribution in [0.2, 0.25) is 0 Å². The average Bonchev–Trinajstić information content (AvgIpc) is 2.56. The minimum absolute atomic E-state index is 0.135. The smallest absolute Gasteiger partial charge is 0.243 e. The van der Waals surface area contributed by atoms with Crippen LogP contribution < -0.4 is 5.32 Å². The molecule has 1 aliphatic heterocycles. The van der Waals surface area contributed by atoms with E-state index in [0.717, 1.165) is 11.5 Å². The Balaban J connectivity index is 1.63. The molecule has 3 rings (SSSR count). The van der Waals surface area contributed by atoms with Crippen molar-refractivity contribution in [2.24, 2.45) is 0 Å². The van der Waals surface area contributed by atoms with Crippen LogP contribution in [0.25, 0.3) is 0 Å². The average molecular weight is 349 g/mol. The van der Waals surface area contributed by atoms with Crippen molar-refractivity contribution in [1.29, 1.82) is 0 Å². The molecule has 2 aromatic rings. The van der Waals surface area contributed by atoms with Gasteiger partial charge in [-0.05, 0) is 56.2 Å². The van der Waals surface area contributed by atoms with Crippen molar-refractivity contribution >= 4 is 15.8 Å². The van der Waals surface area contributed by atoms with E-state index in [4.69, 9.17) is 0 Å². The van der Waals surface area contributed by atoms with Gasteiger partial charge in [0.05, 0.1) is 4.90 Å². The molecule has 0 spiro atoms. The molecule has 5 nitrogen and oxygen atoms in total. The Morgan fingerprint density at radius 3 is 2.42 bits per heavy atom. The van der Waals surface area contributed by atoms with Gasteiger partial charge in [0.1, 0.15) is 11.6 Å². The Morgan fingerprint density at radius 1 is 1.12 bits per heavy atom. The highest BCUT2D eigenvalue weighted by molar-refractivity contribution is 7.89. The Kier molecular flexibility index (Phi) is 4.82. The van der Waals surface area contributed by atoms with E-state index in [1.165, 1.54) is 28.6 Å². The number of pyridine rings is 1. The molecule has 0 unspecified atom stereocenters. The molecule has 1 N–H and O–H groups in total. The zero-order chi connectivity index (χ0) is 17.2. The third-order valence-corrected chi connectivity index (χ3v) is 6.06. The molecule has 1 aliphatic rings. The number of rotatable bonds is 4. The first-order valence-electron chi connectivity index (χ1n) is 7.91. The standard InChI is InChI=1S/C17H20FN3O2S/c1-13-3-2-4-17(19-13)20-15-9-11-21(12-10-15)24(22,23)16-7-5-14(18)6-8-16/h2-8,15H,9-12H2,1H3,(H,19,20). The molecular formula is C17H20FN3O2S. The monoisotopic (exact) mass is 349 g/mol. The number of aromatic nitrogens is 1. The summed E-state index contributed by atoms with van der Waals surface area (Å²) < 4.78 is 39.6. The molecule has 0 aliphatic carbocycles. The molecule has 128 valence electrons. The lowest BCUT2D eigenvalue weighted by Gasteiger charge is -2.31. The number of nitrogens with zero attached hydrogens (tertiary/aromatic N) is 2. The number of sulfonamides is 1. The predicted molar refractivity (Wildman–Crippen MR) is 90.8 cm³/mol. The SMILES string of the molecule is Cc1cccc(NC2CCN(S(=O)(=O)c3ccc(F)cc3)CC2)n1. The summed E-state index contributed by atoms with van der Waals surface area (Å²) in [7, 11) is -3.56. The molecular weight excluding hydrogens is 329 g/mol. The topological polar surface area (TPSA) is 62.3 Å². The summed E-state index contributed by atoms with van der Waals surface area (Å²) in [6.07, 6.45) is 1.41. The van der Waals surface area contributed by atoms with E-state index >= 15 is 0 Å². The van der Waals surface area contributed by atoms with E-state index in [-0.39, 0.29) is 10.9 Å². The van der Waals surface area contributed by atoms with Crippen LogP contribution in [0.4, 0.5) is 10.2 Å². The maximum absolute atomic E-state index is 13.0. The highest BCUT2D eigenvalue weighted by Gasteiger charge is 2.29. The first kappa shape index (κ1) is 16.9. The summed E-state index contributed by atoms with van der Waals surface area (Å²) in [5.74, 6) is 0.373. The van der Waals surface area contributed by atoms with Crippen LogP contribution in [-0.4, -0.2) is 36.8 Å². The number of piperidine rings is 1. The van der Waals surface area contributed by atoms with Gasteiger partial charge in [-0.15, -0.1) is 0 Å². The molecule has 1 aromatic carbocycles. The van der Waals surface area contributed by atoms with Gasteiger partial charge < -0.3 is 5.32 Å². The molecule has 24 heavy (non-hydrogen) atoms. The number of nitrogens with one attached hydrogen (secondary N) is 1. The first-order chi connectivity index (χ1) is 11.4. The second-order valence-corrected chi connectivity index (χ2v) is 7.88. The van der Waals surface area contributed by atoms with Crippen molar-refractivity contribution < 1.29 is 12.8 Å². The lowest BCUT2D eigenvalue weighted by Crippen LogP contribution is -2.42. The molecule has 0 bridgehead atoms. The Bertz CT molecular complexity index is 801. The molecule has 0 radical (unpaired) electrons. The second-order valence-electron chi connectivity index (χ2n) is 5.94. The van der Waals surface area contributed by atoms with Crippen molar-refractivity contribution in [3.63, 3.8) is 0 Å². The van der Waals surface area contributed by atoms with Gasteiger partial charge in [-0.1, -0.05) is 6.07 Å². The molecule has 0 saturated carbocycles. The molecule has 0 amide bonds. The van der Waals surface area contributed by atoms with Crippen LogP contribution in [-0.2, 0) is 10.0 Å². The second kappa shape index (κ2) is 6.86. The van der Waals surface area contributed by atoms with Gasteiger partial charge in [-0.3, -0.25) is 0 Å². The van der Waals surface area contributed by atoms with Crippen molar-refractivity contribution in [1.82, 2.24) is 9.29 Å². The number of anilines is 1. The predicted octanol–water partition coefficient (Wildman–Crippen LogP) is 2.79. The van der Waals surface area contributed by atoms with Crippen LogP contribution in [0.5, 0.6) is 0 Å². The molecule has 1 aromatic heterocycles. The van der Waals surface area contributed by atoms with Gasteiger partial charge >= 0.3 is 0 Å². The number of aryl methyl sites for hydroxylation is 1. The quantitative estimate of drug-likeness (QED) is 0.922. The zero-order valence-electron chi connectivity index (χ0n) is 13.4. The molecule has 1 fully saturated rings. The van der Waals surface area contributed by atoms with E-state index < -0.39 is 15.8 Å². The number of halogens is 1. The van der Waals surface area contributed by atoms with Gasteiger partial charge in [0.2, 0.25) is 10.0 Å². The Morgan fingerprint density at radius 2 is 1.79 bits per heavy atom.